The van der Waals surface area contributed by atoms with E-state index >= 15 is 0 Å². The molecule has 2 fully saturated rings. The third-order valence-corrected chi connectivity index (χ3v) is 7.19. The summed E-state index contributed by atoms with van der Waals surface area (Å²) >= 11 is 0. The molecule has 1 unspecified atom stereocenters. The second-order valence-electron chi connectivity index (χ2n) is 8.61. The van der Waals surface area contributed by atoms with Crippen molar-refractivity contribution in [1.29, 1.82) is 0 Å². The molecule has 1 aliphatic heterocycles. The Labute approximate surface area is 161 Å². The van der Waals surface area contributed by atoms with Crippen LogP contribution < -0.4 is 4.74 Å². The molecule has 0 radical (unpaired) electrons. The van der Waals surface area contributed by atoms with Crippen LogP contribution in [0.4, 0.5) is 0 Å². The number of piperidine rings is 1. The quantitative estimate of drug-likeness (QED) is 0.823. The van der Waals surface area contributed by atoms with Gasteiger partial charge in [-0.25, -0.2) is 0 Å². The third kappa shape index (κ3) is 2.80. The van der Waals surface area contributed by atoms with Crippen molar-refractivity contribution in [3.05, 3.63) is 65.2 Å². The first kappa shape index (κ1) is 17.0. The number of fused-ring (bicyclic) bond motifs is 1. The van der Waals surface area contributed by atoms with Crippen LogP contribution in [0.2, 0.25) is 0 Å². The standard InChI is InChI=1S/C24H27NO2/c1-25-12-11-24-15-19(26)8-10-21(24)23(25)13-18-7-9-20(14-22(18)24)27-16-17-5-3-2-4-6-17/h2-7,9,14,21,23H,8,10-13,15-16H2,1H3/t21-,23+,24?/m0/s1. The molecule has 0 amide bonds. The summed E-state index contributed by atoms with van der Waals surface area (Å²) in [6.45, 7) is 1.67. The van der Waals surface area contributed by atoms with E-state index in [1.54, 1.807) is 0 Å². The number of hydrogen-bond donors (Lipinski definition) is 0. The van der Waals surface area contributed by atoms with Crippen molar-refractivity contribution in [2.24, 2.45) is 5.92 Å². The zero-order chi connectivity index (χ0) is 18.4. The summed E-state index contributed by atoms with van der Waals surface area (Å²) in [6, 6.07) is 17.5. The third-order valence-electron chi connectivity index (χ3n) is 7.19. The summed E-state index contributed by atoms with van der Waals surface area (Å²) in [6.07, 6.45) is 4.72. The number of benzene rings is 2. The molecule has 0 spiro atoms. The van der Waals surface area contributed by atoms with Gasteiger partial charge in [-0.15, -0.1) is 0 Å². The Hall–Kier alpha value is -2.13. The van der Waals surface area contributed by atoms with E-state index in [9.17, 15) is 4.79 Å². The number of likely N-dealkylation sites (tertiary alicyclic amines) is 1. The molecular formula is C24H27NO2. The summed E-state index contributed by atoms with van der Waals surface area (Å²) in [4.78, 5) is 15.0. The van der Waals surface area contributed by atoms with Crippen molar-refractivity contribution in [1.82, 2.24) is 4.90 Å². The molecule has 3 nitrogen and oxygen atoms in total. The minimum Gasteiger partial charge on any atom is -0.489 e. The number of carbonyl (C=O) groups excluding carboxylic acids is 1. The molecule has 0 aromatic heterocycles. The molecule has 5 rings (SSSR count). The summed E-state index contributed by atoms with van der Waals surface area (Å²) in [5, 5.41) is 0. The van der Waals surface area contributed by atoms with E-state index in [0.717, 1.165) is 44.4 Å². The normalized spacial score (nSPS) is 29.7. The van der Waals surface area contributed by atoms with E-state index in [4.69, 9.17) is 4.74 Å². The van der Waals surface area contributed by atoms with Crippen LogP contribution in [0.5, 0.6) is 5.75 Å². The Balaban J connectivity index is 1.49. The molecule has 2 aromatic rings. The molecule has 3 aliphatic rings. The predicted molar refractivity (Wildman–Crippen MR) is 106 cm³/mol. The van der Waals surface area contributed by atoms with E-state index < -0.39 is 0 Å². The molecule has 27 heavy (non-hydrogen) atoms. The van der Waals surface area contributed by atoms with Gasteiger partial charge in [0.05, 0.1) is 0 Å². The van der Waals surface area contributed by atoms with Crippen LogP contribution in [0.15, 0.2) is 48.5 Å². The second-order valence-corrected chi connectivity index (χ2v) is 8.61. The Kier molecular flexibility index (Phi) is 4.08. The average molecular weight is 361 g/mol. The van der Waals surface area contributed by atoms with Crippen LogP contribution in [0, 0.1) is 5.92 Å². The van der Waals surface area contributed by atoms with Crippen LogP contribution in [0.25, 0.3) is 0 Å². The van der Waals surface area contributed by atoms with Gasteiger partial charge in [0.2, 0.25) is 0 Å². The fourth-order valence-corrected chi connectivity index (χ4v) is 5.83. The monoisotopic (exact) mass is 361 g/mol. The van der Waals surface area contributed by atoms with Gasteiger partial charge in [-0.2, -0.15) is 0 Å². The Morgan fingerprint density at radius 1 is 1.19 bits per heavy atom. The Bertz CT molecular complexity index is 862. The SMILES string of the molecule is CN1CCC23CC(=O)CC[C@H]2[C@H]1Cc1ccc(OCc2ccccc2)cc13. The van der Waals surface area contributed by atoms with Gasteiger partial charge < -0.3 is 9.64 Å². The molecule has 3 atom stereocenters. The fraction of sp³-hybridized carbons (Fsp3) is 0.458. The number of carbonyl (C=O) groups is 1. The van der Waals surface area contributed by atoms with Crippen molar-refractivity contribution in [3.63, 3.8) is 0 Å². The van der Waals surface area contributed by atoms with Gasteiger partial charge in [0.25, 0.3) is 0 Å². The maximum atomic E-state index is 12.5. The molecule has 2 aromatic carbocycles. The number of ether oxygens (including phenoxy) is 1. The van der Waals surface area contributed by atoms with Crippen LogP contribution >= 0.6 is 0 Å². The topological polar surface area (TPSA) is 29.5 Å². The highest BCUT2D eigenvalue weighted by Gasteiger charge is 2.54. The van der Waals surface area contributed by atoms with Gasteiger partial charge in [-0.1, -0.05) is 36.4 Å². The first-order valence-electron chi connectivity index (χ1n) is 10.2. The molecule has 2 aliphatic carbocycles. The van der Waals surface area contributed by atoms with Gasteiger partial charge >= 0.3 is 0 Å². The molecule has 3 heteroatoms. The fourth-order valence-electron chi connectivity index (χ4n) is 5.83. The Morgan fingerprint density at radius 3 is 2.89 bits per heavy atom. The highest BCUT2D eigenvalue weighted by molar-refractivity contribution is 5.81. The maximum absolute atomic E-state index is 12.5. The molecular weight excluding hydrogens is 334 g/mol. The summed E-state index contributed by atoms with van der Waals surface area (Å²) < 4.78 is 6.12. The van der Waals surface area contributed by atoms with Crippen LogP contribution in [0.1, 0.15) is 42.4 Å². The van der Waals surface area contributed by atoms with Crippen molar-refractivity contribution in [2.75, 3.05) is 13.6 Å². The number of ketones is 1. The van der Waals surface area contributed by atoms with Crippen LogP contribution in [0.3, 0.4) is 0 Å². The zero-order valence-electron chi connectivity index (χ0n) is 16.0. The highest BCUT2D eigenvalue weighted by atomic mass is 16.5. The lowest BCUT2D eigenvalue weighted by molar-refractivity contribution is -0.126. The van der Waals surface area contributed by atoms with Gasteiger partial charge in [0, 0.05) is 24.3 Å². The molecule has 0 N–H and O–H groups in total. The molecule has 1 saturated heterocycles. The summed E-state index contributed by atoms with van der Waals surface area (Å²) in [5.41, 5.74) is 4.03. The van der Waals surface area contributed by atoms with Gasteiger partial charge in [0.1, 0.15) is 18.1 Å². The van der Waals surface area contributed by atoms with Crippen molar-refractivity contribution in [3.8, 4) is 5.75 Å². The smallest absolute Gasteiger partial charge is 0.133 e. The summed E-state index contributed by atoms with van der Waals surface area (Å²) in [5.74, 6) is 1.98. The first-order valence-corrected chi connectivity index (χ1v) is 10.2. The predicted octanol–water partition coefficient (Wildman–Crippen LogP) is 4.13. The van der Waals surface area contributed by atoms with Gasteiger partial charge in [-0.3, -0.25) is 4.79 Å². The lowest BCUT2D eigenvalue weighted by Crippen LogP contribution is -2.60. The van der Waals surface area contributed by atoms with Crippen molar-refractivity contribution >= 4 is 5.78 Å². The van der Waals surface area contributed by atoms with E-state index in [-0.39, 0.29) is 5.41 Å². The van der Waals surface area contributed by atoms with Gasteiger partial charge in [-0.05, 0) is 67.6 Å². The summed E-state index contributed by atoms with van der Waals surface area (Å²) in [7, 11) is 2.26. The number of rotatable bonds is 3. The minimum absolute atomic E-state index is 0.0339. The lowest BCUT2D eigenvalue weighted by Gasteiger charge is -2.58. The minimum atomic E-state index is 0.0339. The Morgan fingerprint density at radius 2 is 2.04 bits per heavy atom. The first-order chi connectivity index (χ1) is 13.2. The van der Waals surface area contributed by atoms with E-state index in [2.05, 4.69) is 42.3 Å². The van der Waals surface area contributed by atoms with Crippen LogP contribution in [-0.4, -0.2) is 30.3 Å². The van der Waals surface area contributed by atoms with Crippen molar-refractivity contribution < 1.29 is 9.53 Å². The molecule has 2 bridgehead atoms. The van der Waals surface area contributed by atoms with E-state index in [1.165, 1.54) is 16.7 Å². The molecule has 1 heterocycles. The van der Waals surface area contributed by atoms with Gasteiger partial charge in [0.15, 0.2) is 0 Å². The number of hydrogen-bond acceptors (Lipinski definition) is 3. The van der Waals surface area contributed by atoms with Crippen molar-refractivity contribution in [2.45, 2.75) is 50.2 Å². The largest absolute Gasteiger partial charge is 0.489 e. The molecule has 1 saturated carbocycles. The van der Waals surface area contributed by atoms with E-state index in [1.807, 2.05) is 18.2 Å². The zero-order valence-corrected chi connectivity index (χ0v) is 16.0. The molecule has 140 valence electrons. The number of likely N-dealkylation sites (N-methyl/N-ethyl adjacent to an activating group) is 1. The lowest BCUT2D eigenvalue weighted by atomic mass is 9.52. The van der Waals surface area contributed by atoms with Crippen LogP contribution in [-0.2, 0) is 23.2 Å². The number of Topliss-reactive ketones (excluding diaryl/α,β-unsaturated/α-hetero) is 1. The number of nitrogens with zero attached hydrogens (tertiary/aromatic N) is 1. The average Bonchev–Trinajstić information content (AvgIpc) is 2.70. The highest BCUT2D eigenvalue weighted by Crippen LogP contribution is 2.55. The second kappa shape index (κ2) is 6.49. The van der Waals surface area contributed by atoms with E-state index in [0.29, 0.717) is 24.3 Å². The maximum Gasteiger partial charge on any atom is 0.133 e.